The highest BCUT2D eigenvalue weighted by Gasteiger charge is 2.07. The number of halogens is 1. The maximum Gasteiger partial charge on any atom is 0.274 e. The second-order valence-electron chi connectivity index (χ2n) is 3.99. The number of fused-ring (bicyclic) bond motifs is 1. The van der Waals surface area contributed by atoms with Crippen LogP contribution in [0.4, 0.5) is 0 Å². The highest BCUT2D eigenvalue weighted by molar-refractivity contribution is 6.29. The number of nitriles is 1. The van der Waals surface area contributed by atoms with Gasteiger partial charge in [-0.1, -0.05) is 23.7 Å². The third-order valence-corrected chi connectivity index (χ3v) is 2.93. The van der Waals surface area contributed by atoms with Crippen molar-refractivity contribution in [2.45, 2.75) is 0 Å². The van der Waals surface area contributed by atoms with Gasteiger partial charge in [0.05, 0.1) is 23.5 Å². The van der Waals surface area contributed by atoms with Crippen molar-refractivity contribution in [2.24, 2.45) is 0 Å². The number of aromatic nitrogens is 3. The molecule has 0 aliphatic rings. The molecule has 0 saturated carbocycles. The molecule has 0 amide bonds. The normalized spacial score (nSPS) is 10.5. The van der Waals surface area contributed by atoms with Crippen molar-refractivity contribution in [3.05, 3.63) is 57.6 Å². The van der Waals surface area contributed by atoms with Crippen LogP contribution in [0.3, 0.4) is 0 Å². The van der Waals surface area contributed by atoms with E-state index >= 15 is 0 Å². The molecule has 0 bridgehead atoms. The lowest BCUT2D eigenvalue weighted by Crippen LogP contribution is -2.10. The third-order valence-electron chi connectivity index (χ3n) is 2.74. The summed E-state index contributed by atoms with van der Waals surface area (Å²) in [7, 11) is 0. The van der Waals surface area contributed by atoms with E-state index < -0.39 is 0 Å². The number of aromatic amines is 1. The number of nitrogens with one attached hydrogen (secondary N) is 1. The predicted octanol–water partition coefficient (Wildman–Crippen LogP) is 2.21. The minimum atomic E-state index is -0.278. The van der Waals surface area contributed by atoms with Gasteiger partial charge in [0.1, 0.15) is 5.52 Å². The number of hydrogen-bond donors (Lipinski definition) is 1. The lowest BCUT2D eigenvalue weighted by atomic mass is 10.1. The monoisotopic (exact) mass is 270 g/mol. The van der Waals surface area contributed by atoms with Gasteiger partial charge in [0.15, 0.2) is 5.15 Å². The van der Waals surface area contributed by atoms with Gasteiger partial charge in [-0.3, -0.25) is 4.79 Å². The Morgan fingerprint density at radius 1 is 1.37 bits per heavy atom. The first-order valence-corrected chi connectivity index (χ1v) is 5.84. The molecule has 0 unspecified atom stereocenters. The van der Waals surface area contributed by atoms with Crippen molar-refractivity contribution in [2.75, 3.05) is 0 Å². The number of hydrogen-bond acceptors (Lipinski definition) is 3. The molecule has 3 rings (SSSR count). The molecule has 92 valence electrons. The Morgan fingerprint density at radius 3 is 3.00 bits per heavy atom. The largest absolute Gasteiger partial charge is 0.319 e. The smallest absolute Gasteiger partial charge is 0.274 e. The maximum absolute atomic E-state index is 11.9. The predicted molar refractivity (Wildman–Crippen MR) is 71.0 cm³/mol. The fourth-order valence-corrected chi connectivity index (χ4v) is 2.06. The molecule has 3 aromatic rings. The second kappa shape index (κ2) is 4.26. The van der Waals surface area contributed by atoms with Gasteiger partial charge in [0.2, 0.25) is 0 Å². The van der Waals surface area contributed by atoms with Crippen LogP contribution in [0.1, 0.15) is 5.56 Å². The summed E-state index contributed by atoms with van der Waals surface area (Å²) >= 11 is 5.77. The first-order valence-electron chi connectivity index (χ1n) is 5.46. The average Bonchev–Trinajstić information content (AvgIpc) is 2.80. The standard InChI is InChI=1S/C13H7ClN4O/c14-12-5-11-13(19)16-10(7-18(11)17-12)9-3-1-2-8(4-9)6-15/h1-5,7H,(H,16,19). The topological polar surface area (TPSA) is 74.0 Å². The lowest BCUT2D eigenvalue weighted by Gasteiger charge is -2.02. The summed E-state index contributed by atoms with van der Waals surface area (Å²) in [4.78, 5) is 14.6. The molecule has 2 aromatic heterocycles. The van der Waals surface area contributed by atoms with Crippen LogP contribution < -0.4 is 5.56 Å². The zero-order chi connectivity index (χ0) is 13.4. The first kappa shape index (κ1) is 11.5. The SMILES string of the molecule is N#Cc1cccc(-c2cn3nc(Cl)cc3c(=O)[nH]2)c1. The molecule has 0 fully saturated rings. The van der Waals surface area contributed by atoms with E-state index in [9.17, 15) is 4.79 Å². The van der Waals surface area contributed by atoms with E-state index in [1.807, 2.05) is 6.07 Å². The van der Waals surface area contributed by atoms with Crippen molar-refractivity contribution in [1.29, 1.82) is 5.26 Å². The van der Waals surface area contributed by atoms with E-state index in [0.717, 1.165) is 5.56 Å². The van der Waals surface area contributed by atoms with Crippen LogP contribution in [0, 0.1) is 11.3 Å². The van der Waals surface area contributed by atoms with Gasteiger partial charge in [0, 0.05) is 11.6 Å². The molecule has 1 N–H and O–H groups in total. The molecule has 6 heteroatoms. The van der Waals surface area contributed by atoms with Crippen LogP contribution in [0.2, 0.25) is 5.15 Å². The van der Waals surface area contributed by atoms with Crippen molar-refractivity contribution >= 4 is 17.1 Å². The number of nitrogens with zero attached hydrogens (tertiary/aromatic N) is 3. The van der Waals surface area contributed by atoms with Crippen LogP contribution in [0.15, 0.2) is 41.3 Å². The number of benzene rings is 1. The van der Waals surface area contributed by atoms with E-state index in [1.165, 1.54) is 10.6 Å². The van der Waals surface area contributed by atoms with Gasteiger partial charge in [-0.15, -0.1) is 0 Å². The highest BCUT2D eigenvalue weighted by atomic mass is 35.5. The summed E-state index contributed by atoms with van der Waals surface area (Å²) in [6, 6.07) is 10.5. The van der Waals surface area contributed by atoms with Crippen molar-refractivity contribution < 1.29 is 0 Å². The Labute approximate surface area is 112 Å². The Balaban J connectivity index is 2.25. The molecule has 0 saturated heterocycles. The summed E-state index contributed by atoms with van der Waals surface area (Å²) in [5, 5.41) is 13.1. The third kappa shape index (κ3) is 1.98. The Kier molecular flexibility index (Phi) is 2.58. The van der Waals surface area contributed by atoms with Crippen LogP contribution in [0.25, 0.3) is 16.8 Å². The average molecular weight is 271 g/mol. The quantitative estimate of drug-likeness (QED) is 0.737. The molecular weight excluding hydrogens is 264 g/mol. The summed E-state index contributed by atoms with van der Waals surface area (Å²) in [5.74, 6) is 0. The van der Waals surface area contributed by atoms with Crippen molar-refractivity contribution in [3.8, 4) is 17.3 Å². The summed E-state index contributed by atoms with van der Waals surface area (Å²) < 4.78 is 1.43. The van der Waals surface area contributed by atoms with E-state index in [1.54, 1.807) is 24.4 Å². The second-order valence-corrected chi connectivity index (χ2v) is 4.37. The van der Waals surface area contributed by atoms with Gasteiger partial charge >= 0.3 is 0 Å². The minimum absolute atomic E-state index is 0.258. The number of rotatable bonds is 1. The van der Waals surface area contributed by atoms with Gasteiger partial charge in [-0.05, 0) is 12.1 Å². The molecule has 0 atom stereocenters. The van der Waals surface area contributed by atoms with E-state index in [4.69, 9.17) is 16.9 Å². The Bertz CT molecular complexity index is 872. The molecule has 0 spiro atoms. The molecular formula is C13H7ClN4O. The summed E-state index contributed by atoms with van der Waals surface area (Å²) in [5.41, 5.74) is 1.94. The van der Waals surface area contributed by atoms with Crippen LogP contribution >= 0.6 is 11.6 Å². The Morgan fingerprint density at radius 2 is 2.21 bits per heavy atom. The van der Waals surface area contributed by atoms with Gasteiger partial charge in [-0.2, -0.15) is 10.4 Å². The minimum Gasteiger partial charge on any atom is -0.319 e. The first-order chi connectivity index (χ1) is 9.17. The highest BCUT2D eigenvalue weighted by Crippen LogP contribution is 2.18. The van der Waals surface area contributed by atoms with Gasteiger partial charge in [0.25, 0.3) is 5.56 Å². The van der Waals surface area contributed by atoms with E-state index in [0.29, 0.717) is 16.8 Å². The maximum atomic E-state index is 11.9. The zero-order valence-corrected chi connectivity index (χ0v) is 10.3. The molecule has 0 aliphatic heterocycles. The fourth-order valence-electron chi connectivity index (χ4n) is 1.88. The number of H-pyrrole nitrogens is 1. The lowest BCUT2D eigenvalue weighted by molar-refractivity contribution is 0.939. The molecule has 2 heterocycles. The van der Waals surface area contributed by atoms with Crippen molar-refractivity contribution in [1.82, 2.24) is 14.6 Å². The molecule has 0 aliphatic carbocycles. The molecule has 1 aromatic carbocycles. The van der Waals surface area contributed by atoms with E-state index in [-0.39, 0.29) is 10.7 Å². The van der Waals surface area contributed by atoms with E-state index in [2.05, 4.69) is 16.2 Å². The van der Waals surface area contributed by atoms with Crippen LogP contribution in [0.5, 0.6) is 0 Å². The zero-order valence-electron chi connectivity index (χ0n) is 9.59. The fraction of sp³-hybridized carbons (Fsp3) is 0. The van der Waals surface area contributed by atoms with Crippen molar-refractivity contribution in [3.63, 3.8) is 0 Å². The van der Waals surface area contributed by atoms with Crippen LogP contribution in [-0.4, -0.2) is 14.6 Å². The summed E-state index contributed by atoms with van der Waals surface area (Å²) in [6.07, 6.45) is 1.67. The van der Waals surface area contributed by atoms with Crippen LogP contribution in [-0.2, 0) is 0 Å². The molecule has 5 nitrogen and oxygen atoms in total. The summed E-state index contributed by atoms with van der Waals surface area (Å²) in [6.45, 7) is 0. The van der Waals surface area contributed by atoms with Gasteiger partial charge < -0.3 is 4.98 Å². The van der Waals surface area contributed by atoms with Gasteiger partial charge in [-0.25, -0.2) is 4.52 Å². The molecule has 0 radical (unpaired) electrons. The Hall–Kier alpha value is -2.58. The molecule has 19 heavy (non-hydrogen) atoms.